The Bertz CT molecular complexity index is 6350. The Morgan fingerprint density at radius 3 is 0.546 bits per heavy atom. The smallest absolute Gasteiger partial charge is 0.308 e. The molecule has 22 heteroatoms. The van der Waals surface area contributed by atoms with Crippen molar-refractivity contribution in [2.24, 2.45) is 0 Å². The van der Waals surface area contributed by atoms with Crippen molar-refractivity contribution in [2.75, 3.05) is 0 Å². The number of hydrogen-bond donors (Lipinski definition) is 0. The van der Waals surface area contributed by atoms with Crippen LogP contribution < -0.4 is 0 Å². The van der Waals surface area contributed by atoms with Crippen molar-refractivity contribution in [2.45, 2.75) is 6.18 Å². The molecule has 0 saturated carbocycles. The molecule has 0 aliphatic carbocycles. The zero-order valence-corrected chi connectivity index (χ0v) is 62.0. The van der Waals surface area contributed by atoms with Crippen molar-refractivity contribution in [3.63, 3.8) is 0 Å². The van der Waals surface area contributed by atoms with E-state index >= 15 is 35.1 Å². The van der Waals surface area contributed by atoms with Gasteiger partial charge in [-0.25, -0.2) is 81.8 Å². The van der Waals surface area contributed by atoms with Crippen LogP contribution in [0.4, 0.5) is 35.1 Å². The first kappa shape index (κ1) is 72.1. The number of fused-ring (bicyclic) bond motifs is 6. The monoisotopic (exact) mass is 1570 g/mol. The molecule has 0 spiro atoms. The van der Waals surface area contributed by atoms with Crippen LogP contribution in [-0.2, 0) is 6.18 Å². The first-order chi connectivity index (χ1) is 58.2. The molecule has 0 saturated heterocycles. The summed E-state index contributed by atoms with van der Waals surface area (Å²) in [6.45, 7) is 0. The summed E-state index contributed by atoms with van der Waals surface area (Å²) >= 11 is 0. The summed E-state index contributed by atoms with van der Waals surface area (Å²) < 4.78 is 142. The van der Waals surface area contributed by atoms with E-state index in [0.29, 0.717) is 78.2 Å². The number of halogens is 8. The van der Waals surface area contributed by atoms with Gasteiger partial charge in [0, 0.05) is 93.9 Å². The molecular weight excluding hydrogens is 1510 g/mol. The summed E-state index contributed by atoms with van der Waals surface area (Å²) in [5, 5.41) is 1.33. The lowest BCUT2D eigenvalue weighted by Crippen LogP contribution is -2.13. The highest BCUT2D eigenvalue weighted by molar-refractivity contribution is 6.14. The van der Waals surface area contributed by atoms with Crippen molar-refractivity contribution >= 4 is 43.6 Å². The molecule has 0 aliphatic rings. The third-order valence-corrected chi connectivity index (χ3v) is 20.7. The Hall–Kier alpha value is -15.8. The van der Waals surface area contributed by atoms with Gasteiger partial charge in [-0.1, -0.05) is 291 Å². The van der Waals surface area contributed by atoms with Crippen LogP contribution in [0.5, 0.6) is 0 Å². The van der Waals surface area contributed by atoms with Crippen LogP contribution in [0, 0.1) is 29.1 Å². The maximum atomic E-state index is 18.4. The van der Waals surface area contributed by atoms with Gasteiger partial charge in [-0.2, -0.15) is 13.2 Å². The van der Waals surface area contributed by atoms with E-state index in [9.17, 15) is 0 Å². The van der Waals surface area contributed by atoms with E-state index in [1.54, 1.807) is 72.8 Å². The zero-order valence-electron chi connectivity index (χ0n) is 62.0. The molecule has 568 valence electrons. The van der Waals surface area contributed by atoms with Gasteiger partial charge in [0.05, 0.1) is 44.6 Å². The standard InChI is InChI=1S/C97H54F8N14/c98-80-79(81(99)83(101)84(102)82(80)100)78-76(118-72-49-63(93-110-85(55-25-9-1-10-26-55)106-86(111-93)56-27-11-2-12-28-56)41-45-68(72)69-46-42-64(50-73(69)118)94-112-87(57-29-13-3-14-30-57)107-88(113-94)58-31-15-4-16-32-58)53-67(97(103,104)105)54-77(78)119-74-51-65(95-114-89(59-33-17-5-18-34-59)108-90(115-95)60-35-19-6-20-36-60)43-47-70(74)71-48-44-66(52-75(71)119)96-116-91(61-37-21-7-22-38-61)109-92(117-96)62-39-23-8-24-40-62/h1-54H. The molecule has 6 heterocycles. The second-order valence-corrected chi connectivity index (χ2v) is 28.1. The van der Waals surface area contributed by atoms with Crippen LogP contribution >= 0.6 is 0 Å². The fourth-order valence-corrected chi connectivity index (χ4v) is 15.1. The minimum absolute atomic E-state index is 0.0434. The first-order valence-electron chi connectivity index (χ1n) is 37.6. The van der Waals surface area contributed by atoms with E-state index in [-0.39, 0.29) is 114 Å². The van der Waals surface area contributed by atoms with E-state index in [1.165, 1.54) is 9.13 Å². The average molecular weight is 1570 g/mol. The molecule has 20 rings (SSSR count). The highest BCUT2D eigenvalue weighted by Crippen LogP contribution is 2.50. The molecule has 0 fully saturated rings. The van der Waals surface area contributed by atoms with Crippen LogP contribution in [-0.4, -0.2) is 68.9 Å². The Labute approximate surface area is 671 Å². The van der Waals surface area contributed by atoms with Crippen LogP contribution in [0.25, 0.3) is 203 Å². The fourth-order valence-electron chi connectivity index (χ4n) is 15.1. The number of aromatic nitrogens is 14. The molecule has 0 aliphatic heterocycles. The minimum Gasteiger partial charge on any atom is -0.308 e. The van der Waals surface area contributed by atoms with Crippen molar-refractivity contribution < 1.29 is 35.1 Å². The topological polar surface area (TPSA) is 165 Å². The quantitative estimate of drug-likeness (QED) is 0.0543. The Balaban J connectivity index is 0.937. The highest BCUT2D eigenvalue weighted by Gasteiger charge is 2.38. The zero-order chi connectivity index (χ0) is 80.6. The molecule has 0 N–H and O–H groups in total. The summed E-state index contributed by atoms with van der Waals surface area (Å²) in [7, 11) is 0. The number of alkyl halides is 3. The molecule has 0 amide bonds. The maximum Gasteiger partial charge on any atom is 0.416 e. The number of benzene rings is 14. The molecule has 0 bridgehead atoms. The van der Waals surface area contributed by atoms with E-state index in [2.05, 4.69) is 0 Å². The summed E-state index contributed by atoms with van der Waals surface area (Å²) in [6.07, 6.45) is -5.37. The molecule has 14 aromatic carbocycles. The molecule has 6 aromatic heterocycles. The number of hydrogen-bond acceptors (Lipinski definition) is 12. The summed E-state index contributed by atoms with van der Waals surface area (Å²) in [6, 6.07) is 94.3. The summed E-state index contributed by atoms with van der Waals surface area (Å²) in [5.41, 5.74) is 0.731. The minimum atomic E-state index is -5.37. The van der Waals surface area contributed by atoms with Gasteiger partial charge in [0.1, 0.15) is 0 Å². The van der Waals surface area contributed by atoms with Gasteiger partial charge < -0.3 is 9.13 Å². The average Bonchev–Trinajstić information content (AvgIpc) is 1.64. The van der Waals surface area contributed by atoms with Crippen molar-refractivity contribution in [3.8, 4) is 159 Å². The highest BCUT2D eigenvalue weighted by atomic mass is 19.4. The fraction of sp³-hybridized carbons (Fsp3) is 0.0103. The second-order valence-electron chi connectivity index (χ2n) is 28.1. The molecule has 0 atom stereocenters. The van der Waals surface area contributed by atoms with Gasteiger partial charge >= 0.3 is 6.18 Å². The Morgan fingerprint density at radius 1 is 0.185 bits per heavy atom. The van der Waals surface area contributed by atoms with Crippen LogP contribution in [0.15, 0.2) is 328 Å². The number of nitrogens with zero attached hydrogens (tertiary/aromatic N) is 14. The van der Waals surface area contributed by atoms with E-state index in [4.69, 9.17) is 59.8 Å². The molecule has 119 heavy (non-hydrogen) atoms. The predicted molar refractivity (Wildman–Crippen MR) is 444 cm³/mol. The lowest BCUT2D eigenvalue weighted by atomic mass is 9.96. The Morgan fingerprint density at radius 2 is 0.361 bits per heavy atom. The van der Waals surface area contributed by atoms with Crippen LogP contribution in [0.2, 0.25) is 0 Å². The summed E-state index contributed by atoms with van der Waals surface area (Å²) in [4.78, 5) is 60.0. The van der Waals surface area contributed by atoms with Gasteiger partial charge in [0.2, 0.25) is 5.82 Å². The third-order valence-electron chi connectivity index (χ3n) is 20.7. The lowest BCUT2D eigenvalue weighted by molar-refractivity contribution is -0.137. The predicted octanol–water partition coefficient (Wildman–Crippen LogP) is 24.0. The SMILES string of the molecule is Fc1c(F)c(F)c(-c2c(-n3c4cc(-c5nc(-c6ccccc6)nc(-c6ccccc6)n5)ccc4c4ccc(-c5nc(-c6ccccc6)nc(-c6ccccc6)n5)cc43)cc(C(F)(F)F)cc2-n2c3cc(-c4nc(-c5ccccc5)nc(-c5ccccc5)n4)ccc3c3ccc(-c4nc(-c5ccccc5)nc(-c5ccccc5)n4)cc32)c(F)c1F. The van der Waals surface area contributed by atoms with E-state index < -0.39 is 63.3 Å². The van der Waals surface area contributed by atoms with E-state index in [0.717, 1.165) is 0 Å². The molecular formula is C97H54F8N14. The van der Waals surface area contributed by atoms with Gasteiger partial charge in [-0.3, -0.25) is 0 Å². The van der Waals surface area contributed by atoms with Gasteiger partial charge in [0.25, 0.3) is 0 Å². The molecule has 0 radical (unpaired) electrons. The second kappa shape index (κ2) is 29.5. The van der Waals surface area contributed by atoms with Crippen molar-refractivity contribution in [1.82, 2.24) is 68.9 Å². The largest absolute Gasteiger partial charge is 0.416 e. The molecule has 0 unspecified atom stereocenters. The first-order valence-corrected chi connectivity index (χ1v) is 37.6. The third kappa shape index (κ3) is 13.2. The van der Waals surface area contributed by atoms with Gasteiger partial charge in [-0.15, -0.1) is 0 Å². The molecule has 20 aromatic rings. The van der Waals surface area contributed by atoms with Gasteiger partial charge in [0.15, 0.2) is 93.2 Å². The van der Waals surface area contributed by atoms with Gasteiger partial charge in [-0.05, 0) is 36.4 Å². The lowest BCUT2D eigenvalue weighted by Gasteiger charge is -2.23. The normalized spacial score (nSPS) is 11.7. The summed E-state index contributed by atoms with van der Waals surface area (Å²) in [5.74, 6) is -9.68. The number of rotatable bonds is 15. The molecule has 14 nitrogen and oxygen atoms in total. The Kier molecular flexibility index (Phi) is 17.9. The van der Waals surface area contributed by atoms with Crippen LogP contribution in [0.3, 0.4) is 0 Å². The van der Waals surface area contributed by atoms with Crippen molar-refractivity contribution in [1.29, 1.82) is 0 Å². The van der Waals surface area contributed by atoms with E-state index in [1.807, 2.05) is 243 Å². The van der Waals surface area contributed by atoms with Crippen LogP contribution in [0.1, 0.15) is 5.56 Å². The van der Waals surface area contributed by atoms with Crippen molar-refractivity contribution in [3.05, 3.63) is 362 Å². The maximum absolute atomic E-state index is 18.4.